The third-order valence-electron chi connectivity index (χ3n) is 5.32. The highest BCUT2D eigenvalue weighted by molar-refractivity contribution is 5.66. The fourth-order valence-electron chi connectivity index (χ4n) is 3.90. The van der Waals surface area contributed by atoms with E-state index < -0.39 is 29.1 Å². The number of benzene rings is 2. The van der Waals surface area contributed by atoms with E-state index >= 15 is 0 Å². The Balaban J connectivity index is 1.59. The highest BCUT2D eigenvalue weighted by Gasteiger charge is 2.27. The largest absolute Gasteiger partial charge is 0.298 e. The Bertz CT molecular complexity index is 1030. The topological polar surface area (TPSA) is 31.9 Å². The zero-order valence-corrected chi connectivity index (χ0v) is 15.4. The van der Waals surface area contributed by atoms with Gasteiger partial charge in [0.25, 0.3) is 0 Å². The Labute approximate surface area is 164 Å². The molecule has 29 heavy (non-hydrogen) atoms. The molecule has 0 radical (unpaired) electrons. The number of rotatable bonds is 4. The molecule has 1 aromatic heterocycles. The van der Waals surface area contributed by atoms with Crippen molar-refractivity contribution in [3.63, 3.8) is 0 Å². The molecule has 8 heteroatoms. The molecule has 4 rings (SSSR count). The number of hydrogen-bond donors (Lipinski definition) is 1. The van der Waals surface area contributed by atoms with Gasteiger partial charge in [0.1, 0.15) is 17.5 Å². The summed E-state index contributed by atoms with van der Waals surface area (Å²) in [7, 11) is 0. The van der Waals surface area contributed by atoms with Gasteiger partial charge in [-0.2, -0.15) is 5.10 Å². The lowest BCUT2D eigenvalue weighted by Gasteiger charge is -2.33. The van der Waals surface area contributed by atoms with E-state index in [9.17, 15) is 22.0 Å². The van der Waals surface area contributed by atoms with E-state index in [1.807, 2.05) is 4.90 Å². The van der Waals surface area contributed by atoms with Crippen LogP contribution in [-0.2, 0) is 6.54 Å². The average Bonchev–Trinajstić information content (AvgIpc) is 3.20. The smallest absolute Gasteiger partial charge is 0.166 e. The van der Waals surface area contributed by atoms with Crippen LogP contribution >= 0.6 is 0 Å². The lowest BCUT2D eigenvalue weighted by atomic mass is 9.90. The van der Waals surface area contributed by atoms with E-state index in [-0.39, 0.29) is 23.6 Å². The van der Waals surface area contributed by atoms with E-state index in [1.165, 1.54) is 6.20 Å². The van der Waals surface area contributed by atoms with Crippen molar-refractivity contribution in [2.75, 3.05) is 13.1 Å². The molecule has 1 N–H and O–H groups in total. The van der Waals surface area contributed by atoms with Crippen LogP contribution in [-0.4, -0.2) is 28.2 Å². The summed E-state index contributed by atoms with van der Waals surface area (Å²) >= 11 is 0. The summed E-state index contributed by atoms with van der Waals surface area (Å²) in [6.45, 7) is 0.926. The van der Waals surface area contributed by atoms with Crippen LogP contribution in [0.5, 0.6) is 0 Å². The van der Waals surface area contributed by atoms with Crippen molar-refractivity contribution in [3.05, 3.63) is 76.9 Å². The van der Waals surface area contributed by atoms with Gasteiger partial charge in [-0.15, -0.1) is 0 Å². The molecule has 1 aliphatic heterocycles. The van der Waals surface area contributed by atoms with E-state index in [4.69, 9.17) is 0 Å². The van der Waals surface area contributed by atoms with Crippen LogP contribution in [0.1, 0.15) is 30.0 Å². The maximum Gasteiger partial charge on any atom is 0.166 e. The zero-order chi connectivity index (χ0) is 20.5. The van der Waals surface area contributed by atoms with Crippen LogP contribution in [0.15, 0.2) is 36.5 Å². The van der Waals surface area contributed by atoms with Gasteiger partial charge >= 0.3 is 0 Å². The van der Waals surface area contributed by atoms with Crippen LogP contribution < -0.4 is 0 Å². The number of aromatic nitrogens is 2. The van der Waals surface area contributed by atoms with Crippen molar-refractivity contribution in [3.8, 4) is 11.1 Å². The van der Waals surface area contributed by atoms with Gasteiger partial charge in [0, 0.05) is 41.4 Å². The average molecular weight is 407 g/mol. The van der Waals surface area contributed by atoms with Crippen molar-refractivity contribution in [2.45, 2.75) is 25.3 Å². The summed E-state index contributed by atoms with van der Waals surface area (Å²) in [6.07, 6.45) is 2.92. The third kappa shape index (κ3) is 3.89. The minimum absolute atomic E-state index is 0.0796. The number of aromatic amines is 1. The molecule has 0 aliphatic carbocycles. The molecule has 1 fully saturated rings. The summed E-state index contributed by atoms with van der Waals surface area (Å²) in [5.74, 6) is -4.32. The Morgan fingerprint density at radius 3 is 2.55 bits per heavy atom. The summed E-state index contributed by atoms with van der Waals surface area (Å²) in [5, 5.41) is 6.85. The second-order valence-electron chi connectivity index (χ2n) is 7.22. The van der Waals surface area contributed by atoms with Crippen LogP contribution in [0, 0.1) is 29.1 Å². The quantitative estimate of drug-likeness (QED) is 0.479. The van der Waals surface area contributed by atoms with Crippen molar-refractivity contribution in [2.24, 2.45) is 0 Å². The van der Waals surface area contributed by atoms with Gasteiger partial charge in [-0.3, -0.25) is 10.00 Å². The van der Waals surface area contributed by atoms with Gasteiger partial charge in [-0.25, -0.2) is 22.0 Å². The molecule has 1 aliphatic rings. The van der Waals surface area contributed by atoms with E-state index in [0.717, 1.165) is 43.2 Å². The molecule has 1 atom stereocenters. The molecule has 2 aromatic carbocycles. The Hall–Kier alpha value is -2.74. The molecule has 0 spiro atoms. The summed E-state index contributed by atoms with van der Waals surface area (Å²) in [4.78, 5) is 1.82. The number of nitrogens with one attached hydrogen (secondary N) is 1. The Morgan fingerprint density at radius 2 is 1.72 bits per heavy atom. The van der Waals surface area contributed by atoms with Crippen molar-refractivity contribution in [1.29, 1.82) is 0 Å². The Kier molecular flexibility index (Phi) is 5.36. The summed E-state index contributed by atoms with van der Waals surface area (Å²) < 4.78 is 69.4. The predicted molar refractivity (Wildman–Crippen MR) is 97.5 cm³/mol. The first-order valence-electron chi connectivity index (χ1n) is 9.27. The van der Waals surface area contributed by atoms with Gasteiger partial charge in [-0.05, 0) is 49.7 Å². The molecular formula is C21H18F5N3. The summed E-state index contributed by atoms with van der Waals surface area (Å²) in [5.41, 5.74) is 0.885. The Morgan fingerprint density at radius 1 is 0.966 bits per heavy atom. The monoisotopic (exact) mass is 407 g/mol. The lowest BCUT2D eigenvalue weighted by molar-refractivity contribution is 0.193. The van der Waals surface area contributed by atoms with Crippen LogP contribution in [0.2, 0.25) is 0 Å². The van der Waals surface area contributed by atoms with Gasteiger partial charge < -0.3 is 0 Å². The van der Waals surface area contributed by atoms with Gasteiger partial charge in [0.2, 0.25) is 0 Å². The molecule has 0 bridgehead atoms. The molecule has 0 saturated carbocycles. The lowest BCUT2D eigenvalue weighted by Crippen LogP contribution is -2.34. The first-order chi connectivity index (χ1) is 13.9. The van der Waals surface area contributed by atoms with Gasteiger partial charge in [0.15, 0.2) is 11.6 Å². The molecule has 152 valence electrons. The highest BCUT2D eigenvalue weighted by Crippen LogP contribution is 2.35. The van der Waals surface area contributed by atoms with Crippen LogP contribution in [0.25, 0.3) is 11.1 Å². The minimum Gasteiger partial charge on any atom is -0.298 e. The number of hydrogen-bond acceptors (Lipinski definition) is 2. The molecular weight excluding hydrogens is 389 g/mol. The summed E-state index contributed by atoms with van der Waals surface area (Å²) in [6, 6.07) is 4.89. The number of piperidine rings is 1. The number of halogens is 5. The van der Waals surface area contributed by atoms with Crippen molar-refractivity contribution < 1.29 is 22.0 Å². The molecule has 3 nitrogen and oxygen atoms in total. The minimum atomic E-state index is -1.18. The molecule has 1 saturated heterocycles. The normalized spacial score (nSPS) is 17.6. The SMILES string of the molecule is Fc1ccc(F)c(-c2cn[nH]c2C2CCCN(Cc3c(F)ccc(F)c3F)C2)c1. The standard InChI is InChI=1S/C21H18F5N3/c22-13-3-4-17(23)14(8-13)15-9-27-28-21(15)12-2-1-7-29(10-12)11-16-18(24)5-6-19(25)20(16)26/h3-6,8-9,12H,1-2,7,10-11H2,(H,27,28). The number of nitrogens with zero attached hydrogens (tertiary/aromatic N) is 2. The maximum absolute atomic E-state index is 14.2. The fraction of sp³-hybridized carbons (Fsp3) is 0.286. The number of H-pyrrole nitrogens is 1. The highest BCUT2D eigenvalue weighted by atomic mass is 19.2. The number of likely N-dealkylation sites (tertiary alicyclic amines) is 1. The first kappa shape index (κ1) is 19.6. The van der Waals surface area contributed by atoms with Crippen molar-refractivity contribution in [1.82, 2.24) is 15.1 Å². The zero-order valence-electron chi connectivity index (χ0n) is 15.4. The third-order valence-corrected chi connectivity index (χ3v) is 5.32. The van der Waals surface area contributed by atoms with E-state index in [2.05, 4.69) is 10.2 Å². The fourth-order valence-corrected chi connectivity index (χ4v) is 3.90. The van der Waals surface area contributed by atoms with E-state index in [1.54, 1.807) is 0 Å². The van der Waals surface area contributed by atoms with Gasteiger partial charge in [-0.1, -0.05) is 0 Å². The maximum atomic E-state index is 14.2. The van der Waals surface area contributed by atoms with E-state index in [0.29, 0.717) is 24.3 Å². The first-order valence-corrected chi connectivity index (χ1v) is 9.27. The van der Waals surface area contributed by atoms with Crippen LogP contribution in [0.4, 0.5) is 22.0 Å². The molecule has 2 heterocycles. The molecule has 1 unspecified atom stereocenters. The van der Waals surface area contributed by atoms with Gasteiger partial charge in [0.05, 0.1) is 6.20 Å². The molecule has 0 amide bonds. The van der Waals surface area contributed by atoms with Crippen LogP contribution in [0.3, 0.4) is 0 Å². The second-order valence-corrected chi connectivity index (χ2v) is 7.22. The predicted octanol–water partition coefficient (Wildman–Crippen LogP) is 5.15. The second kappa shape index (κ2) is 7.94. The molecule has 3 aromatic rings. The van der Waals surface area contributed by atoms with Crippen molar-refractivity contribution >= 4 is 0 Å².